The Balaban J connectivity index is 2.06. The molecule has 21 heavy (non-hydrogen) atoms. The number of hydrogen-bond donors (Lipinski definition) is 1. The zero-order valence-corrected chi connectivity index (χ0v) is 12.1. The van der Waals surface area contributed by atoms with Crippen LogP contribution in [-0.2, 0) is 0 Å². The number of nitrogens with zero attached hydrogens (tertiary/aromatic N) is 2. The van der Waals surface area contributed by atoms with E-state index in [-0.39, 0.29) is 11.1 Å². The average Bonchev–Trinajstić information content (AvgIpc) is 2.87. The van der Waals surface area contributed by atoms with Crippen molar-refractivity contribution in [2.75, 3.05) is 5.75 Å². The Morgan fingerprint density at radius 2 is 1.95 bits per heavy atom. The third-order valence-corrected chi connectivity index (χ3v) is 3.80. The van der Waals surface area contributed by atoms with Gasteiger partial charge in [-0.1, -0.05) is 17.8 Å². The zero-order chi connectivity index (χ0) is 15.6. The molecule has 1 atom stereocenters. The van der Waals surface area contributed by atoms with Crippen LogP contribution in [0.4, 0.5) is 13.2 Å². The highest BCUT2D eigenvalue weighted by Gasteiger charge is 2.38. The van der Waals surface area contributed by atoms with E-state index < -0.39 is 18.0 Å². The van der Waals surface area contributed by atoms with Gasteiger partial charge in [0.2, 0.25) is 5.89 Å². The molecule has 1 aromatic carbocycles. The van der Waals surface area contributed by atoms with Crippen LogP contribution in [0.1, 0.15) is 11.1 Å². The molecule has 2 aromatic rings. The Hall–Kier alpha value is -1.54. The molecule has 0 saturated carbocycles. The topological polar surface area (TPSA) is 59.2 Å². The first-order chi connectivity index (χ1) is 9.77. The molecule has 0 amide bonds. The lowest BCUT2D eigenvalue weighted by Crippen LogP contribution is -2.30. The Bertz CT molecular complexity index is 628. The molecule has 0 radical (unpaired) electrons. The lowest BCUT2D eigenvalue weighted by Gasteiger charge is -2.12. The second-order valence-corrected chi connectivity index (χ2v) is 5.51. The van der Waals surface area contributed by atoms with Gasteiger partial charge in [0.05, 0.1) is 0 Å². The molecule has 4 nitrogen and oxygen atoms in total. The summed E-state index contributed by atoms with van der Waals surface area (Å²) in [5, 5.41) is 16.4. The maximum absolute atomic E-state index is 12.2. The number of aliphatic hydroxyl groups excluding tert-OH is 1. The number of aliphatic hydroxyl groups is 1. The molecule has 8 heteroatoms. The van der Waals surface area contributed by atoms with Crippen LogP contribution in [0.2, 0.25) is 0 Å². The van der Waals surface area contributed by atoms with Crippen molar-refractivity contribution in [2.24, 2.45) is 0 Å². The van der Waals surface area contributed by atoms with Gasteiger partial charge in [-0.3, -0.25) is 0 Å². The van der Waals surface area contributed by atoms with Gasteiger partial charge in [0.1, 0.15) is 0 Å². The van der Waals surface area contributed by atoms with Gasteiger partial charge in [-0.2, -0.15) is 13.2 Å². The molecule has 1 N–H and O–H groups in total. The van der Waals surface area contributed by atoms with Crippen LogP contribution >= 0.6 is 11.8 Å². The van der Waals surface area contributed by atoms with Crippen LogP contribution in [0.25, 0.3) is 11.5 Å². The molecular formula is C13H13F3N2O2S. The molecular weight excluding hydrogens is 305 g/mol. The van der Waals surface area contributed by atoms with Gasteiger partial charge in [0.15, 0.2) is 6.10 Å². The van der Waals surface area contributed by atoms with E-state index in [4.69, 9.17) is 9.52 Å². The first kappa shape index (κ1) is 15.8. The average molecular weight is 318 g/mol. The number of alkyl halides is 3. The Labute approximate surface area is 123 Å². The number of halogens is 3. The van der Waals surface area contributed by atoms with Gasteiger partial charge in [-0.25, -0.2) is 0 Å². The molecule has 0 fully saturated rings. The highest BCUT2D eigenvalue weighted by Crippen LogP contribution is 2.28. The van der Waals surface area contributed by atoms with Crippen molar-refractivity contribution < 1.29 is 22.7 Å². The monoisotopic (exact) mass is 318 g/mol. The maximum atomic E-state index is 12.2. The largest absolute Gasteiger partial charge is 0.415 e. The summed E-state index contributed by atoms with van der Waals surface area (Å²) in [4.78, 5) is 0. The summed E-state index contributed by atoms with van der Waals surface area (Å²) in [5.41, 5.74) is 2.86. The molecule has 0 saturated heterocycles. The molecule has 2 rings (SSSR count). The number of aromatic nitrogens is 2. The van der Waals surface area contributed by atoms with E-state index in [0.29, 0.717) is 17.3 Å². The Kier molecular flexibility index (Phi) is 4.58. The number of aryl methyl sites for hydroxylation is 2. The number of thioether (sulfide) groups is 1. The third kappa shape index (κ3) is 3.98. The van der Waals surface area contributed by atoms with Crippen molar-refractivity contribution in [3.63, 3.8) is 0 Å². The van der Waals surface area contributed by atoms with Crippen molar-refractivity contribution >= 4 is 11.8 Å². The van der Waals surface area contributed by atoms with Crippen LogP contribution in [0, 0.1) is 13.8 Å². The van der Waals surface area contributed by atoms with Crippen molar-refractivity contribution in [1.29, 1.82) is 0 Å². The molecule has 1 heterocycles. The lowest BCUT2D eigenvalue weighted by molar-refractivity contribution is -0.195. The highest BCUT2D eigenvalue weighted by atomic mass is 32.2. The van der Waals surface area contributed by atoms with Crippen molar-refractivity contribution in [3.8, 4) is 11.5 Å². The minimum atomic E-state index is -4.65. The predicted octanol–water partition coefficient (Wildman–Crippen LogP) is 3.37. The van der Waals surface area contributed by atoms with E-state index in [0.717, 1.165) is 11.1 Å². The van der Waals surface area contributed by atoms with Crippen molar-refractivity contribution in [1.82, 2.24) is 10.2 Å². The minimum Gasteiger partial charge on any atom is -0.411 e. The number of benzene rings is 1. The first-order valence-corrected chi connectivity index (χ1v) is 7.04. The molecule has 0 spiro atoms. The molecule has 0 aliphatic carbocycles. The Morgan fingerprint density at radius 3 is 2.57 bits per heavy atom. The van der Waals surface area contributed by atoms with E-state index in [2.05, 4.69) is 10.2 Å². The van der Waals surface area contributed by atoms with Crippen LogP contribution in [-0.4, -0.2) is 33.3 Å². The molecule has 1 aromatic heterocycles. The molecule has 114 valence electrons. The molecule has 0 aliphatic heterocycles. The molecule has 0 bridgehead atoms. The van der Waals surface area contributed by atoms with E-state index in [1.807, 2.05) is 26.0 Å². The Morgan fingerprint density at radius 1 is 1.24 bits per heavy atom. The van der Waals surface area contributed by atoms with Gasteiger partial charge >= 0.3 is 6.18 Å². The number of hydrogen-bond acceptors (Lipinski definition) is 5. The van der Waals surface area contributed by atoms with Gasteiger partial charge < -0.3 is 9.52 Å². The summed E-state index contributed by atoms with van der Waals surface area (Å²) in [6.07, 6.45) is -7.07. The molecule has 0 unspecified atom stereocenters. The fourth-order valence-electron chi connectivity index (χ4n) is 1.50. The lowest BCUT2D eigenvalue weighted by atomic mass is 10.1. The second-order valence-electron chi connectivity index (χ2n) is 4.54. The smallest absolute Gasteiger partial charge is 0.411 e. The zero-order valence-electron chi connectivity index (χ0n) is 11.3. The van der Waals surface area contributed by atoms with Crippen LogP contribution in [0.5, 0.6) is 0 Å². The SMILES string of the molecule is Cc1ccc(-c2nnc(SC[C@@H](O)C(F)(F)F)o2)cc1C. The van der Waals surface area contributed by atoms with Gasteiger partial charge in [-0.15, -0.1) is 10.2 Å². The fraction of sp³-hybridized carbons (Fsp3) is 0.385. The van der Waals surface area contributed by atoms with E-state index in [1.54, 1.807) is 6.07 Å². The summed E-state index contributed by atoms with van der Waals surface area (Å²) in [7, 11) is 0. The summed E-state index contributed by atoms with van der Waals surface area (Å²) in [5.74, 6) is -0.347. The van der Waals surface area contributed by atoms with E-state index >= 15 is 0 Å². The van der Waals surface area contributed by atoms with Crippen LogP contribution in [0.3, 0.4) is 0 Å². The summed E-state index contributed by atoms with van der Waals surface area (Å²) in [6.45, 7) is 3.90. The van der Waals surface area contributed by atoms with Gasteiger partial charge in [0, 0.05) is 11.3 Å². The third-order valence-electron chi connectivity index (χ3n) is 2.90. The highest BCUT2D eigenvalue weighted by molar-refractivity contribution is 7.99. The van der Waals surface area contributed by atoms with E-state index in [9.17, 15) is 13.2 Å². The minimum absolute atomic E-state index is 0.00784. The summed E-state index contributed by atoms with van der Waals surface area (Å²) < 4.78 is 41.8. The quantitative estimate of drug-likeness (QED) is 0.876. The normalized spacial score (nSPS) is 13.4. The van der Waals surface area contributed by atoms with Crippen molar-refractivity contribution in [2.45, 2.75) is 31.4 Å². The predicted molar refractivity (Wildman–Crippen MR) is 72.0 cm³/mol. The van der Waals surface area contributed by atoms with E-state index in [1.165, 1.54) is 0 Å². The maximum Gasteiger partial charge on any atom is 0.415 e. The summed E-state index contributed by atoms with van der Waals surface area (Å²) in [6, 6.07) is 5.56. The van der Waals surface area contributed by atoms with Gasteiger partial charge in [-0.05, 0) is 37.1 Å². The fourth-order valence-corrected chi connectivity index (χ4v) is 2.23. The first-order valence-electron chi connectivity index (χ1n) is 6.06. The second kappa shape index (κ2) is 6.07. The standard InChI is InChI=1S/C13H13F3N2O2S/c1-7-3-4-9(5-8(7)2)11-17-18-12(20-11)21-6-10(19)13(14,15)16/h3-5,10,19H,6H2,1-2H3/t10-/m1/s1. The summed E-state index contributed by atoms with van der Waals surface area (Å²) >= 11 is 0.668. The number of rotatable bonds is 4. The molecule has 0 aliphatic rings. The van der Waals surface area contributed by atoms with Crippen LogP contribution < -0.4 is 0 Å². The van der Waals surface area contributed by atoms with Crippen LogP contribution in [0.15, 0.2) is 27.8 Å². The van der Waals surface area contributed by atoms with Gasteiger partial charge in [0.25, 0.3) is 5.22 Å². The van der Waals surface area contributed by atoms with Crippen molar-refractivity contribution in [3.05, 3.63) is 29.3 Å².